The van der Waals surface area contributed by atoms with Gasteiger partial charge in [-0.1, -0.05) is 31.2 Å². The van der Waals surface area contributed by atoms with Gasteiger partial charge >= 0.3 is 0 Å². The lowest BCUT2D eigenvalue weighted by molar-refractivity contribution is -0.117. The number of rotatable bonds is 6. The van der Waals surface area contributed by atoms with Gasteiger partial charge in [0.2, 0.25) is 0 Å². The van der Waals surface area contributed by atoms with E-state index in [0.29, 0.717) is 18.9 Å². The molecule has 0 bridgehead atoms. The second-order valence-corrected chi connectivity index (χ2v) is 9.52. The molecular weight excluding hydrogens is 408 g/mol. The predicted molar refractivity (Wildman–Crippen MR) is 135 cm³/mol. The van der Waals surface area contributed by atoms with Crippen molar-refractivity contribution < 1.29 is 4.79 Å². The van der Waals surface area contributed by atoms with Crippen molar-refractivity contribution >= 4 is 28.6 Å². The molecule has 3 aromatic rings. The highest BCUT2D eigenvalue weighted by molar-refractivity contribution is 6.01. The molecular formula is C28H32N4O. The van der Waals surface area contributed by atoms with Crippen LogP contribution >= 0.6 is 0 Å². The molecule has 0 fully saturated rings. The lowest BCUT2D eigenvalue weighted by atomic mass is 9.79. The lowest BCUT2D eigenvalue weighted by Crippen LogP contribution is -2.48. The van der Waals surface area contributed by atoms with E-state index in [1.807, 2.05) is 30.5 Å². The molecule has 1 aliphatic heterocycles. The Bertz CT molecular complexity index is 1240. The highest BCUT2D eigenvalue weighted by atomic mass is 16.1. The van der Waals surface area contributed by atoms with Gasteiger partial charge in [0.05, 0.1) is 0 Å². The molecule has 2 N–H and O–H groups in total. The van der Waals surface area contributed by atoms with Gasteiger partial charge in [0.15, 0.2) is 0 Å². The number of benzene rings is 2. The maximum Gasteiger partial charge on any atom is 0.261 e. The number of hydrogen-bond donors (Lipinski definition) is 2. The van der Waals surface area contributed by atoms with Crippen LogP contribution in [0.5, 0.6) is 0 Å². The zero-order valence-corrected chi connectivity index (χ0v) is 19.9. The van der Waals surface area contributed by atoms with Gasteiger partial charge in [0, 0.05) is 41.4 Å². The molecule has 5 nitrogen and oxygen atoms in total. The number of carbonyl (C=O) groups is 1. The highest BCUT2D eigenvalue weighted by Gasteiger charge is 2.35. The second-order valence-electron chi connectivity index (χ2n) is 9.52. The van der Waals surface area contributed by atoms with Crippen LogP contribution in [0.2, 0.25) is 0 Å². The minimum Gasteiger partial charge on any atom is -0.366 e. The molecule has 2 heterocycles. The molecule has 1 aliphatic rings. The lowest BCUT2D eigenvalue weighted by Gasteiger charge is -2.47. The number of anilines is 1. The number of aromatic amines is 1. The van der Waals surface area contributed by atoms with Crippen molar-refractivity contribution in [2.45, 2.75) is 52.0 Å². The standard InChI is InChI=1S/C28H32N4O/c1-5-32-26-11-10-20(15-24(26)19(2)16-28(32,3)4)14-22(17-29)27(33)30-13-12-21-18-31-25-9-7-6-8-23(21)25/h6-11,14-15,18-19,31H,5,12-13,16H2,1-4H3,(H,30,33)/b22-14+. The molecule has 33 heavy (non-hydrogen) atoms. The number of nitrogens with zero attached hydrogens (tertiary/aromatic N) is 2. The fourth-order valence-corrected chi connectivity index (χ4v) is 5.26. The number of H-pyrrole nitrogens is 1. The van der Waals surface area contributed by atoms with E-state index in [4.69, 9.17) is 0 Å². The van der Waals surface area contributed by atoms with Crippen molar-refractivity contribution in [1.82, 2.24) is 10.3 Å². The second kappa shape index (κ2) is 9.15. The number of carbonyl (C=O) groups excluding carboxylic acids is 1. The number of fused-ring (bicyclic) bond motifs is 2. The van der Waals surface area contributed by atoms with Crippen LogP contribution < -0.4 is 10.2 Å². The first-order chi connectivity index (χ1) is 15.8. The normalized spacial score (nSPS) is 17.5. The number of nitrogens with one attached hydrogen (secondary N) is 2. The number of nitriles is 1. The van der Waals surface area contributed by atoms with Crippen LogP contribution in [0.1, 0.15) is 56.7 Å². The summed E-state index contributed by atoms with van der Waals surface area (Å²) in [5, 5.41) is 13.7. The zero-order valence-electron chi connectivity index (χ0n) is 19.9. The molecule has 2 aromatic carbocycles. The summed E-state index contributed by atoms with van der Waals surface area (Å²) in [6, 6.07) is 16.5. The van der Waals surface area contributed by atoms with Gasteiger partial charge in [0.25, 0.3) is 5.91 Å². The summed E-state index contributed by atoms with van der Waals surface area (Å²) >= 11 is 0. The van der Waals surface area contributed by atoms with E-state index in [2.05, 4.69) is 67.2 Å². The van der Waals surface area contributed by atoms with Gasteiger partial charge in [-0.05, 0) is 80.5 Å². The van der Waals surface area contributed by atoms with Crippen LogP contribution in [0, 0.1) is 11.3 Å². The molecule has 1 unspecified atom stereocenters. The Balaban J connectivity index is 1.48. The molecule has 1 amide bonds. The molecule has 0 saturated carbocycles. The van der Waals surface area contributed by atoms with Gasteiger partial charge < -0.3 is 15.2 Å². The van der Waals surface area contributed by atoms with Gasteiger partial charge in [-0.3, -0.25) is 4.79 Å². The average Bonchev–Trinajstić information content (AvgIpc) is 3.20. The zero-order chi connectivity index (χ0) is 23.6. The summed E-state index contributed by atoms with van der Waals surface area (Å²) in [4.78, 5) is 18.4. The number of amides is 1. The Hall–Kier alpha value is -3.52. The van der Waals surface area contributed by atoms with E-state index in [1.54, 1.807) is 6.08 Å². The molecule has 5 heteroatoms. The van der Waals surface area contributed by atoms with Crippen LogP contribution in [-0.4, -0.2) is 29.5 Å². The third-order valence-electron chi connectivity index (χ3n) is 6.76. The molecule has 0 saturated heterocycles. The maximum absolute atomic E-state index is 12.7. The van der Waals surface area contributed by atoms with Crippen molar-refractivity contribution in [2.24, 2.45) is 0 Å². The number of hydrogen-bond acceptors (Lipinski definition) is 3. The van der Waals surface area contributed by atoms with E-state index in [9.17, 15) is 10.1 Å². The monoisotopic (exact) mass is 440 g/mol. The predicted octanol–water partition coefficient (Wildman–Crippen LogP) is 5.55. The Morgan fingerprint density at radius 1 is 1.30 bits per heavy atom. The first-order valence-electron chi connectivity index (χ1n) is 11.7. The minimum atomic E-state index is -0.334. The van der Waals surface area contributed by atoms with Gasteiger partial charge in [-0.25, -0.2) is 0 Å². The molecule has 4 rings (SSSR count). The van der Waals surface area contributed by atoms with Gasteiger partial charge in [0.1, 0.15) is 11.6 Å². The quantitative estimate of drug-likeness (QED) is 0.390. The fourth-order valence-electron chi connectivity index (χ4n) is 5.26. The number of aromatic nitrogens is 1. The Morgan fingerprint density at radius 2 is 2.09 bits per heavy atom. The van der Waals surface area contributed by atoms with E-state index in [-0.39, 0.29) is 17.0 Å². The molecule has 0 radical (unpaired) electrons. The summed E-state index contributed by atoms with van der Waals surface area (Å²) < 4.78 is 0. The van der Waals surface area contributed by atoms with Crippen LogP contribution in [0.25, 0.3) is 17.0 Å². The van der Waals surface area contributed by atoms with E-state index < -0.39 is 0 Å². The summed E-state index contributed by atoms with van der Waals surface area (Å²) in [6.45, 7) is 10.4. The summed E-state index contributed by atoms with van der Waals surface area (Å²) in [6.07, 6.45) is 5.45. The van der Waals surface area contributed by atoms with E-state index in [1.165, 1.54) is 11.3 Å². The summed E-state index contributed by atoms with van der Waals surface area (Å²) in [5.74, 6) is 0.0844. The maximum atomic E-state index is 12.7. The topological polar surface area (TPSA) is 71.9 Å². The third-order valence-corrected chi connectivity index (χ3v) is 6.76. The number of para-hydroxylation sites is 1. The van der Waals surface area contributed by atoms with Crippen LogP contribution in [0.3, 0.4) is 0 Å². The van der Waals surface area contributed by atoms with Crippen molar-refractivity contribution in [3.8, 4) is 6.07 Å². The van der Waals surface area contributed by atoms with Gasteiger partial charge in [-0.2, -0.15) is 5.26 Å². The van der Waals surface area contributed by atoms with Crippen molar-refractivity contribution in [3.05, 3.63) is 70.9 Å². The first kappa shape index (κ1) is 22.7. The Labute approximate surface area is 196 Å². The van der Waals surface area contributed by atoms with Crippen LogP contribution in [0.4, 0.5) is 5.69 Å². The molecule has 170 valence electrons. The van der Waals surface area contributed by atoms with Crippen molar-refractivity contribution in [2.75, 3.05) is 18.0 Å². The SMILES string of the molecule is CCN1c2ccc(/C=C(\C#N)C(=O)NCCc3c[nH]c4ccccc34)cc2C(C)CC1(C)C. The molecule has 0 spiro atoms. The largest absolute Gasteiger partial charge is 0.366 e. The first-order valence-corrected chi connectivity index (χ1v) is 11.7. The van der Waals surface area contributed by atoms with Gasteiger partial charge in [-0.15, -0.1) is 0 Å². The molecule has 1 atom stereocenters. The molecule has 1 aromatic heterocycles. The Kier molecular flexibility index (Phi) is 6.29. The smallest absolute Gasteiger partial charge is 0.261 e. The third kappa shape index (κ3) is 4.52. The summed E-state index contributed by atoms with van der Waals surface area (Å²) in [7, 11) is 0. The van der Waals surface area contributed by atoms with Crippen molar-refractivity contribution in [3.63, 3.8) is 0 Å². The van der Waals surface area contributed by atoms with E-state index in [0.717, 1.165) is 35.0 Å². The van der Waals surface area contributed by atoms with E-state index >= 15 is 0 Å². The minimum absolute atomic E-state index is 0.112. The van der Waals surface area contributed by atoms with Crippen molar-refractivity contribution in [1.29, 1.82) is 5.26 Å². The average molecular weight is 441 g/mol. The summed E-state index contributed by atoms with van der Waals surface area (Å²) in [5.41, 5.74) is 5.90. The molecule has 0 aliphatic carbocycles. The highest BCUT2D eigenvalue weighted by Crippen LogP contribution is 2.43. The fraction of sp³-hybridized carbons (Fsp3) is 0.357. The Morgan fingerprint density at radius 3 is 2.85 bits per heavy atom. The van der Waals surface area contributed by atoms with Crippen LogP contribution in [0.15, 0.2) is 54.2 Å². The van der Waals surface area contributed by atoms with Crippen LogP contribution in [-0.2, 0) is 11.2 Å².